The van der Waals surface area contributed by atoms with Crippen LogP contribution in [0.5, 0.6) is 0 Å². The van der Waals surface area contributed by atoms with E-state index in [1.165, 1.54) is 28.6 Å². The number of hydrogen-bond donors (Lipinski definition) is 1. The summed E-state index contributed by atoms with van der Waals surface area (Å²) in [5.41, 5.74) is 4.55. The Bertz CT molecular complexity index is 1210. The number of likely N-dealkylation sites (N-methyl/N-ethyl adjacent to an activating group) is 1. The standard InChI is InChI=1S/C28H34F2N4O2/c1-32-23(19-36-28(32)35)15-21-5-7-27-24(16-21)22(18-31-27)3-2-9-33-11-13-34(14-12-33)10-8-20-4-6-25(29)26(30)17-20/h4-7,16-18,23,31H,2-3,8-15,19H2,1H3/t23-/m0/s1. The van der Waals surface area contributed by atoms with Gasteiger partial charge in [-0.05, 0) is 73.2 Å². The van der Waals surface area contributed by atoms with E-state index in [4.69, 9.17) is 4.74 Å². The number of carbonyl (C=O) groups excluding carboxylic acids is 1. The van der Waals surface area contributed by atoms with Gasteiger partial charge in [0.2, 0.25) is 0 Å². The molecule has 1 N–H and O–H groups in total. The van der Waals surface area contributed by atoms with Crippen molar-refractivity contribution in [2.45, 2.75) is 31.7 Å². The normalized spacial score (nSPS) is 19.4. The van der Waals surface area contributed by atoms with E-state index in [2.05, 4.69) is 39.2 Å². The number of aryl methyl sites for hydroxylation is 1. The van der Waals surface area contributed by atoms with Crippen LogP contribution in [-0.4, -0.2) is 84.7 Å². The Labute approximate surface area is 210 Å². The van der Waals surface area contributed by atoms with Crippen LogP contribution in [0.2, 0.25) is 0 Å². The van der Waals surface area contributed by atoms with E-state index in [1.807, 2.05) is 0 Å². The van der Waals surface area contributed by atoms with E-state index in [-0.39, 0.29) is 12.1 Å². The van der Waals surface area contributed by atoms with Crippen LogP contribution in [0.3, 0.4) is 0 Å². The van der Waals surface area contributed by atoms with Gasteiger partial charge in [0.1, 0.15) is 6.61 Å². The number of amides is 1. The molecule has 192 valence electrons. The molecule has 0 saturated carbocycles. The number of H-pyrrole nitrogens is 1. The van der Waals surface area contributed by atoms with Crippen LogP contribution in [0.4, 0.5) is 13.6 Å². The van der Waals surface area contributed by atoms with Crippen LogP contribution in [0.1, 0.15) is 23.1 Å². The predicted octanol–water partition coefficient (Wildman–Crippen LogP) is 4.23. The second-order valence-corrected chi connectivity index (χ2v) is 10.0. The molecule has 8 heteroatoms. The Morgan fingerprint density at radius 2 is 1.69 bits per heavy atom. The summed E-state index contributed by atoms with van der Waals surface area (Å²) in [6.07, 6.45) is 5.53. The highest BCUT2D eigenvalue weighted by Crippen LogP contribution is 2.24. The van der Waals surface area contributed by atoms with E-state index < -0.39 is 11.6 Å². The molecule has 2 aromatic carbocycles. The van der Waals surface area contributed by atoms with Gasteiger partial charge in [0, 0.05) is 56.9 Å². The van der Waals surface area contributed by atoms with Crippen LogP contribution in [0.15, 0.2) is 42.6 Å². The van der Waals surface area contributed by atoms with Gasteiger partial charge in [-0.15, -0.1) is 0 Å². The zero-order chi connectivity index (χ0) is 25.1. The number of aromatic nitrogens is 1. The molecular weight excluding hydrogens is 462 g/mol. The average Bonchev–Trinajstić information content (AvgIpc) is 3.43. The fourth-order valence-corrected chi connectivity index (χ4v) is 5.27. The second-order valence-electron chi connectivity index (χ2n) is 10.0. The highest BCUT2D eigenvalue weighted by atomic mass is 19.2. The van der Waals surface area contributed by atoms with E-state index in [0.29, 0.717) is 6.61 Å². The van der Waals surface area contributed by atoms with E-state index in [9.17, 15) is 13.6 Å². The smallest absolute Gasteiger partial charge is 0.409 e. The number of hydrogen-bond acceptors (Lipinski definition) is 4. The third-order valence-electron chi connectivity index (χ3n) is 7.62. The van der Waals surface area contributed by atoms with Crippen LogP contribution in [0, 0.1) is 11.6 Å². The molecular formula is C28H34F2N4O2. The Balaban J connectivity index is 1.07. The Morgan fingerprint density at radius 1 is 0.944 bits per heavy atom. The van der Waals surface area contributed by atoms with Gasteiger partial charge in [0.05, 0.1) is 6.04 Å². The third-order valence-corrected chi connectivity index (χ3v) is 7.62. The summed E-state index contributed by atoms with van der Waals surface area (Å²) in [4.78, 5) is 21.6. The molecule has 1 aromatic heterocycles. The summed E-state index contributed by atoms with van der Waals surface area (Å²) < 4.78 is 31.7. The van der Waals surface area contributed by atoms with Crippen molar-refractivity contribution in [1.29, 1.82) is 0 Å². The monoisotopic (exact) mass is 496 g/mol. The molecule has 0 bridgehead atoms. The van der Waals surface area contributed by atoms with Gasteiger partial charge in [0.15, 0.2) is 11.6 Å². The quantitative estimate of drug-likeness (QED) is 0.482. The number of aromatic amines is 1. The second kappa shape index (κ2) is 11.0. The zero-order valence-electron chi connectivity index (χ0n) is 20.8. The van der Waals surface area contributed by atoms with Gasteiger partial charge in [-0.1, -0.05) is 12.1 Å². The molecule has 5 rings (SSSR count). The topological polar surface area (TPSA) is 51.8 Å². The Morgan fingerprint density at radius 3 is 2.42 bits per heavy atom. The van der Waals surface area contributed by atoms with Crippen LogP contribution in [-0.2, 0) is 24.0 Å². The third kappa shape index (κ3) is 5.71. The molecule has 0 aliphatic carbocycles. The molecule has 1 atom stereocenters. The van der Waals surface area contributed by atoms with Crippen molar-refractivity contribution in [2.24, 2.45) is 0 Å². The molecule has 36 heavy (non-hydrogen) atoms. The fourth-order valence-electron chi connectivity index (χ4n) is 5.27. The van der Waals surface area contributed by atoms with Crippen molar-refractivity contribution < 1.29 is 18.3 Å². The maximum Gasteiger partial charge on any atom is 0.409 e. The number of ether oxygens (including phenoxy) is 1. The van der Waals surface area contributed by atoms with Gasteiger partial charge in [0.25, 0.3) is 0 Å². The molecule has 0 spiro atoms. The highest BCUT2D eigenvalue weighted by molar-refractivity contribution is 5.84. The summed E-state index contributed by atoms with van der Waals surface area (Å²) in [7, 11) is 1.80. The summed E-state index contributed by atoms with van der Waals surface area (Å²) in [5, 5.41) is 1.27. The minimum Gasteiger partial charge on any atom is -0.447 e. The lowest BCUT2D eigenvalue weighted by atomic mass is 10.0. The van der Waals surface area contributed by atoms with E-state index in [0.717, 1.165) is 76.0 Å². The molecule has 0 radical (unpaired) electrons. The Kier molecular flexibility index (Phi) is 7.53. The average molecular weight is 497 g/mol. The summed E-state index contributed by atoms with van der Waals surface area (Å²) in [6.45, 7) is 6.45. The van der Waals surface area contributed by atoms with Crippen LogP contribution in [0.25, 0.3) is 10.9 Å². The number of fused-ring (bicyclic) bond motifs is 1. The zero-order valence-corrected chi connectivity index (χ0v) is 20.8. The molecule has 2 aliphatic rings. The lowest BCUT2D eigenvalue weighted by molar-refractivity contribution is 0.132. The van der Waals surface area contributed by atoms with Gasteiger partial charge >= 0.3 is 6.09 Å². The number of benzene rings is 2. The first-order chi connectivity index (χ1) is 17.5. The van der Waals surface area contributed by atoms with Gasteiger partial charge in [-0.3, -0.25) is 0 Å². The SMILES string of the molecule is CN1C(=O)OC[C@@H]1Cc1ccc2[nH]cc(CCCN3CCN(CCc4ccc(F)c(F)c4)CC3)c2c1. The molecule has 2 saturated heterocycles. The van der Waals surface area contributed by atoms with Gasteiger partial charge < -0.3 is 24.4 Å². The maximum atomic E-state index is 13.4. The maximum absolute atomic E-state index is 13.4. The first-order valence-corrected chi connectivity index (χ1v) is 12.8. The van der Waals surface area contributed by atoms with Gasteiger partial charge in [-0.25, -0.2) is 13.6 Å². The van der Waals surface area contributed by atoms with Gasteiger partial charge in [-0.2, -0.15) is 0 Å². The first kappa shape index (κ1) is 24.7. The molecule has 2 fully saturated rings. The summed E-state index contributed by atoms with van der Waals surface area (Å²) in [6, 6.07) is 10.8. The molecule has 0 unspecified atom stereocenters. The van der Waals surface area contributed by atoms with E-state index >= 15 is 0 Å². The number of nitrogens with zero attached hydrogens (tertiary/aromatic N) is 3. The number of cyclic esters (lactones) is 1. The van der Waals surface area contributed by atoms with E-state index in [1.54, 1.807) is 18.0 Å². The first-order valence-electron chi connectivity index (χ1n) is 12.8. The lowest BCUT2D eigenvalue weighted by Crippen LogP contribution is -2.47. The predicted molar refractivity (Wildman–Crippen MR) is 136 cm³/mol. The minimum absolute atomic E-state index is 0.0906. The lowest BCUT2D eigenvalue weighted by Gasteiger charge is -2.34. The minimum atomic E-state index is -0.787. The summed E-state index contributed by atoms with van der Waals surface area (Å²) in [5.74, 6) is -1.55. The number of halogens is 2. The van der Waals surface area contributed by atoms with Crippen molar-refractivity contribution in [3.05, 3.63) is 70.9 Å². The highest BCUT2D eigenvalue weighted by Gasteiger charge is 2.29. The van der Waals surface area contributed by atoms with Crippen LogP contribution < -0.4 is 0 Å². The van der Waals surface area contributed by atoms with Crippen LogP contribution >= 0.6 is 0 Å². The number of carbonyl (C=O) groups is 1. The summed E-state index contributed by atoms with van der Waals surface area (Å²) >= 11 is 0. The van der Waals surface area contributed by atoms with Crippen molar-refractivity contribution in [2.75, 3.05) is 52.9 Å². The molecule has 6 nitrogen and oxygen atoms in total. The van der Waals surface area contributed by atoms with Crippen molar-refractivity contribution in [1.82, 2.24) is 19.7 Å². The van der Waals surface area contributed by atoms with Crippen molar-refractivity contribution >= 4 is 17.0 Å². The number of nitrogens with one attached hydrogen (secondary N) is 1. The van der Waals surface area contributed by atoms with Crippen molar-refractivity contribution in [3.8, 4) is 0 Å². The van der Waals surface area contributed by atoms with Crippen molar-refractivity contribution in [3.63, 3.8) is 0 Å². The molecule has 3 heterocycles. The molecule has 3 aromatic rings. The number of piperazine rings is 1. The Hall–Kier alpha value is -2.97. The fraction of sp³-hybridized carbons (Fsp3) is 0.464. The number of rotatable bonds is 9. The molecule has 1 amide bonds. The molecule has 2 aliphatic heterocycles. The largest absolute Gasteiger partial charge is 0.447 e.